The van der Waals surface area contributed by atoms with E-state index in [0.29, 0.717) is 0 Å². The van der Waals surface area contributed by atoms with Gasteiger partial charge in [-0.3, -0.25) is 9.59 Å². The first-order chi connectivity index (χ1) is 34.5. The van der Waals surface area contributed by atoms with Crippen LogP contribution in [0.4, 0.5) is 0 Å². The Morgan fingerprint density at radius 3 is 1.26 bits per heavy atom. The minimum Gasteiger partial charge on any atom is -0.394 e. The maximum absolute atomic E-state index is 12.6. The Morgan fingerprint density at radius 1 is 0.356 bits per heavy atom. The van der Waals surface area contributed by atoms with Crippen LogP contribution in [0, 0.1) is 0 Å². The number of aliphatic hydroxyl groups is 18. The quantitative estimate of drug-likeness (QED) is 0.0606. The van der Waals surface area contributed by atoms with E-state index < -0.39 is 236 Å². The fraction of sp³-hybridized carbons (Fsp3) is 0.950. The predicted molar refractivity (Wildman–Crippen MR) is 222 cm³/mol. The van der Waals surface area contributed by atoms with Crippen molar-refractivity contribution >= 4 is 11.8 Å². The summed E-state index contributed by atoms with van der Waals surface area (Å²) in [5, 5.41) is 195. The number of rotatable bonds is 18. The number of hydrogen-bond acceptors (Lipinski definition) is 31. The molecule has 2 amide bonds. The molecule has 0 spiro atoms. The Morgan fingerprint density at radius 2 is 0.740 bits per heavy atom. The highest BCUT2D eigenvalue weighted by Gasteiger charge is 2.57. The van der Waals surface area contributed by atoms with Crippen LogP contribution >= 0.6 is 0 Å². The number of ether oxygens (including phenoxy) is 11. The number of nitrogens with one attached hydrogen (secondary N) is 2. The van der Waals surface area contributed by atoms with Gasteiger partial charge < -0.3 is 155 Å². The molecule has 30 atom stereocenters. The molecule has 6 saturated heterocycles. The summed E-state index contributed by atoms with van der Waals surface area (Å²) < 4.78 is 62.4. The van der Waals surface area contributed by atoms with E-state index in [2.05, 4.69) is 10.6 Å². The molecule has 0 aliphatic carbocycles. The molecule has 424 valence electrons. The topological polar surface area (TPSA) is 524 Å². The van der Waals surface area contributed by atoms with Crippen LogP contribution in [0.2, 0.25) is 0 Å². The molecule has 0 bridgehead atoms. The molecule has 0 saturated carbocycles. The molecule has 73 heavy (non-hydrogen) atoms. The standard InChI is InChI=1S/C40H68N2O31/c1-9(48)41-17-23(54)31(15(7-47)68-36(17)63-8-16-20(51)25(56)29(60)39(69-16)71-32-14(6-46)64-35(62)27(58)26(32)57)70-40-30(61)34(22(53)13(5-45)67-40)73-37-18(42-10(2)49)33(21(52)12(4-44)65-37)72-38-28(59)24(55)19(50)11(3-43)66-38/h11-40,43-47,50-62H,3-8H2,1-2H3,(H,41,48)(H,42,49)/t11-,12-,13-,14-,15-,16-,17-,18-,19+,20+,21-,22+,23-,24+,25+,26-,27-,28-,29-,30-,31-,32-,33-,34+,35?,36?,37+,38+,39+,40+/m1/s1. The summed E-state index contributed by atoms with van der Waals surface area (Å²) in [5.74, 6) is -1.64. The molecule has 33 heteroatoms. The molecule has 0 radical (unpaired) electrons. The van der Waals surface area contributed by atoms with Crippen molar-refractivity contribution in [2.45, 2.75) is 198 Å². The van der Waals surface area contributed by atoms with Gasteiger partial charge in [0.1, 0.15) is 146 Å². The van der Waals surface area contributed by atoms with Gasteiger partial charge in [0.25, 0.3) is 0 Å². The fourth-order valence-corrected chi connectivity index (χ4v) is 9.22. The van der Waals surface area contributed by atoms with E-state index >= 15 is 0 Å². The average Bonchev–Trinajstić information content (AvgIpc) is 3.35. The van der Waals surface area contributed by atoms with Crippen LogP contribution in [0.5, 0.6) is 0 Å². The lowest BCUT2D eigenvalue weighted by Crippen LogP contribution is -2.70. The predicted octanol–water partition coefficient (Wildman–Crippen LogP) is -13.8. The molecule has 6 heterocycles. The highest BCUT2D eigenvalue weighted by Crippen LogP contribution is 2.36. The number of aliphatic hydroxyl groups excluding tert-OH is 18. The monoisotopic (exact) mass is 1070 g/mol. The van der Waals surface area contributed by atoms with Crippen LogP contribution < -0.4 is 10.6 Å². The van der Waals surface area contributed by atoms with Crippen molar-refractivity contribution in [3.8, 4) is 0 Å². The van der Waals surface area contributed by atoms with Crippen LogP contribution in [0.3, 0.4) is 0 Å². The van der Waals surface area contributed by atoms with Crippen molar-refractivity contribution in [3.05, 3.63) is 0 Å². The third-order valence-electron chi connectivity index (χ3n) is 13.2. The molecule has 2 unspecified atom stereocenters. The lowest BCUT2D eigenvalue weighted by atomic mass is 9.94. The van der Waals surface area contributed by atoms with E-state index in [1.807, 2.05) is 0 Å². The molecular formula is C40H68N2O31. The molecule has 33 nitrogen and oxygen atoms in total. The summed E-state index contributed by atoms with van der Waals surface area (Å²) in [6, 6.07) is -3.39. The first-order valence-electron chi connectivity index (χ1n) is 23.1. The van der Waals surface area contributed by atoms with Crippen molar-refractivity contribution in [2.75, 3.05) is 39.6 Å². The van der Waals surface area contributed by atoms with E-state index in [4.69, 9.17) is 52.1 Å². The van der Waals surface area contributed by atoms with E-state index in [0.717, 1.165) is 13.8 Å². The number of amides is 2. The zero-order valence-electron chi connectivity index (χ0n) is 38.9. The molecule has 0 aromatic carbocycles. The zero-order valence-corrected chi connectivity index (χ0v) is 38.9. The van der Waals surface area contributed by atoms with Crippen LogP contribution in [0.15, 0.2) is 0 Å². The second-order valence-corrected chi connectivity index (χ2v) is 18.3. The zero-order chi connectivity index (χ0) is 53.9. The minimum atomic E-state index is -2.20. The first-order valence-corrected chi connectivity index (χ1v) is 23.1. The molecule has 0 aromatic rings. The van der Waals surface area contributed by atoms with Gasteiger partial charge in [0.2, 0.25) is 11.8 Å². The highest BCUT2D eigenvalue weighted by molar-refractivity contribution is 5.73. The van der Waals surface area contributed by atoms with Gasteiger partial charge in [0, 0.05) is 13.8 Å². The van der Waals surface area contributed by atoms with Crippen LogP contribution in [-0.4, -0.2) is 327 Å². The summed E-state index contributed by atoms with van der Waals surface area (Å²) in [5.41, 5.74) is 0. The van der Waals surface area contributed by atoms with Gasteiger partial charge >= 0.3 is 0 Å². The Hall–Kier alpha value is -2.22. The maximum Gasteiger partial charge on any atom is 0.217 e. The van der Waals surface area contributed by atoms with Gasteiger partial charge in [0.05, 0.1) is 39.6 Å². The number of hydrogen-bond donors (Lipinski definition) is 20. The molecule has 6 aliphatic heterocycles. The molecule has 20 N–H and O–H groups in total. The maximum atomic E-state index is 12.6. The fourth-order valence-electron chi connectivity index (χ4n) is 9.22. The van der Waals surface area contributed by atoms with Gasteiger partial charge in [-0.25, -0.2) is 0 Å². The normalized spacial score (nSPS) is 49.8. The van der Waals surface area contributed by atoms with E-state index in [1.54, 1.807) is 0 Å². The summed E-state index contributed by atoms with van der Waals surface area (Å²) in [7, 11) is 0. The molecular weight excluding hydrogens is 1000 g/mol. The largest absolute Gasteiger partial charge is 0.394 e. The van der Waals surface area contributed by atoms with E-state index in [9.17, 15) is 102 Å². The van der Waals surface area contributed by atoms with E-state index in [1.165, 1.54) is 0 Å². The summed E-state index contributed by atoms with van der Waals surface area (Å²) in [6.45, 7) is -3.54. The number of carbonyl (C=O) groups excluding carboxylic acids is 2. The first kappa shape index (κ1) is 60.0. The van der Waals surface area contributed by atoms with Gasteiger partial charge in [-0.1, -0.05) is 0 Å². The van der Waals surface area contributed by atoms with Crippen molar-refractivity contribution < 1.29 is 154 Å². The van der Waals surface area contributed by atoms with Crippen molar-refractivity contribution in [1.29, 1.82) is 0 Å². The summed E-state index contributed by atoms with van der Waals surface area (Å²) >= 11 is 0. The Balaban J connectivity index is 1.19. The SMILES string of the molecule is CC(=O)N[C@H]1[C@H](O[C@H]2[C@@H](O)[C@@H](CO)O[C@@H](O[C@H]3[C@H](O)[C@@H](NC(C)=O)C(OC[C@H]4O[C@@H](O[C@H]5[C@H](O)[C@@H](O)C(O)O[C@@H]5CO)[C@H](O)[C@@H](O)[C@H]4O)O[C@@H]3CO)[C@@H]2O)O[C@H](CO)[C@@H](O)[C@@H]1O[C@@H]1O[C@H](CO)[C@H](O)[C@H](O)[C@H]1O. The van der Waals surface area contributed by atoms with Gasteiger partial charge in [-0.05, 0) is 0 Å². The Labute approximate surface area is 413 Å². The lowest BCUT2D eigenvalue weighted by molar-refractivity contribution is -0.378. The van der Waals surface area contributed by atoms with Gasteiger partial charge in [-0.15, -0.1) is 0 Å². The Kier molecular flexibility index (Phi) is 21.3. The third-order valence-corrected chi connectivity index (χ3v) is 13.2. The van der Waals surface area contributed by atoms with Gasteiger partial charge in [-0.2, -0.15) is 0 Å². The molecule has 6 aliphatic rings. The molecule has 6 fully saturated rings. The summed E-state index contributed by atoms with van der Waals surface area (Å²) in [6.07, 6.45) is -52.5. The smallest absolute Gasteiger partial charge is 0.217 e. The van der Waals surface area contributed by atoms with Crippen molar-refractivity contribution in [2.24, 2.45) is 0 Å². The molecule has 6 rings (SSSR count). The average molecular weight is 1070 g/mol. The summed E-state index contributed by atoms with van der Waals surface area (Å²) in [4.78, 5) is 25.1. The van der Waals surface area contributed by atoms with Crippen molar-refractivity contribution in [1.82, 2.24) is 10.6 Å². The van der Waals surface area contributed by atoms with Crippen molar-refractivity contribution in [3.63, 3.8) is 0 Å². The minimum absolute atomic E-state index is 0.811. The van der Waals surface area contributed by atoms with E-state index in [-0.39, 0.29) is 0 Å². The second-order valence-electron chi connectivity index (χ2n) is 18.3. The third kappa shape index (κ3) is 13.0. The second kappa shape index (κ2) is 26.0. The van der Waals surface area contributed by atoms with Crippen LogP contribution in [0.25, 0.3) is 0 Å². The lowest BCUT2D eigenvalue weighted by Gasteiger charge is -2.50. The number of carbonyl (C=O) groups is 2. The van der Waals surface area contributed by atoms with Gasteiger partial charge in [0.15, 0.2) is 37.7 Å². The van der Waals surface area contributed by atoms with Crippen LogP contribution in [-0.2, 0) is 61.7 Å². The molecule has 0 aromatic heterocycles. The Bertz CT molecular complexity index is 1750. The van der Waals surface area contributed by atoms with Crippen LogP contribution in [0.1, 0.15) is 13.8 Å². The highest BCUT2D eigenvalue weighted by atomic mass is 16.8.